The summed E-state index contributed by atoms with van der Waals surface area (Å²) >= 11 is 0. The number of aromatic nitrogens is 2. The highest BCUT2D eigenvalue weighted by Gasteiger charge is 2.44. The van der Waals surface area contributed by atoms with Crippen molar-refractivity contribution in [1.29, 1.82) is 0 Å². The number of urea groups is 1. The molecule has 0 saturated carbocycles. The van der Waals surface area contributed by atoms with E-state index in [1.165, 1.54) is 9.80 Å². The van der Waals surface area contributed by atoms with Crippen LogP contribution in [0.15, 0.2) is 72.8 Å². The largest absolute Gasteiger partial charge is 0.457 e. The van der Waals surface area contributed by atoms with E-state index in [0.29, 0.717) is 36.8 Å². The predicted molar refractivity (Wildman–Crippen MR) is 169 cm³/mol. The summed E-state index contributed by atoms with van der Waals surface area (Å²) in [6, 6.07) is 21.9. The number of piperidine rings is 1. The maximum Gasteiger partial charge on any atom is 0.332 e. The Morgan fingerprint density at radius 1 is 0.955 bits per heavy atom. The van der Waals surface area contributed by atoms with Crippen LogP contribution in [0.5, 0.6) is 11.5 Å². The number of hydrogen-bond acceptors (Lipinski definition) is 5. The number of imide groups is 1. The van der Waals surface area contributed by atoms with Crippen LogP contribution in [0.25, 0.3) is 11.0 Å². The van der Waals surface area contributed by atoms with Crippen LogP contribution in [-0.4, -0.2) is 56.8 Å². The summed E-state index contributed by atoms with van der Waals surface area (Å²) in [5.41, 5.74) is 3.53. The lowest BCUT2D eigenvalue weighted by atomic mass is 9.89. The number of amides is 4. The fraction of sp³-hybridized carbons (Fsp3) is 0.371. The molecule has 0 N–H and O–H groups in total. The predicted octanol–water partition coefficient (Wildman–Crippen LogP) is 6.47. The molecule has 6 rings (SSSR count). The average Bonchev–Trinajstić information content (AvgIpc) is 3.50. The molecule has 3 aromatic carbocycles. The van der Waals surface area contributed by atoms with Crippen molar-refractivity contribution in [3.63, 3.8) is 0 Å². The molecule has 9 nitrogen and oxygen atoms in total. The third kappa shape index (κ3) is 5.78. The van der Waals surface area contributed by atoms with Gasteiger partial charge in [0.1, 0.15) is 23.9 Å². The average molecular weight is 594 g/mol. The van der Waals surface area contributed by atoms with Gasteiger partial charge in [-0.25, -0.2) is 9.78 Å². The third-order valence-electron chi connectivity index (χ3n) is 8.78. The van der Waals surface area contributed by atoms with Gasteiger partial charge < -0.3 is 14.2 Å². The molecule has 0 unspecified atom stereocenters. The molecule has 9 heteroatoms. The van der Waals surface area contributed by atoms with Crippen LogP contribution < -0.4 is 9.64 Å². The van der Waals surface area contributed by atoms with Crippen LogP contribution in [-0.2, 0) is 16.6 Å². The second-order valence-electron chi connectivity index (χ2n) is 12.2. The molecule has 3 heterocycles. The number of benzene rings is 3. The molecule has 0 spiro atoms. The zero-order valence-corrected chi connectivity index (χ0v) is 25.8. The number of para-hydroxylation sites is 1. The molecule has 2 aliphatic rings. The number of carbonyl (C=O) groups is 3. The van der Waals surface area contributed by atoms with Crippen molar-refractivity contribution in [2.45, 2.75) is 46.1 Å². The molecule has 4 amide bonds. The number of fused-ring (bicyclic) bond motifs is 1. The van der Waals surface area contributed by atoms with Crippen molar-refractivity contribution >= 4 is 34.6 Å². The van der Waals surface area contributed by atoms with Gasteiger partial charge in [0, 0.05) is 31.7 Å². The van der Waals surface area contributed by atoms with E-state index < -0.39 is 6.04 Å². The van der Waals surface area contributed by atoms with Crippen molar-refractivity contribution in [3.05, 3.63) is 84.2 Å². The molecular weight excluding hydrogens is 554 g/mol. The van der Waals surface area contributed by atoms with Crippen molar-refractivity contribution in [2.75, 3.05) is 24.5 Å². The minimum absolute atomic E-state index is 0.0347. The van der Waals surface area contributed by atoms with Crippen LogP contribution in [0, 0.1) is 18.8 Å². The van der Waals surface area contributed by atoms with Crippen LogP contribution in [0.1, 0.15) is 50.5 Å². The third-order valence-corrected chi connectivity index (χ3v) is 8.78. The van der Waals surface area contributed by atoms with Crippen LogP contribution in [0.2, 0.25) is 0 Å². The number of hydrogen-bond donors (Lipinski definition) is 0. The second kappa shape index (κ2) is 12.1. The maximum atomic E-state index is 14.1. The van der Waals surface area contributed by atoms with Gasteiger partial charge in [-0.15, -0.1) is 0 Å². The molecule has 4 aromatic rings. The normalized spacial score (nSPS) is 16.8. The van der Waals surface area contributed by atoms with E-state index in [1.807, 2.05) is 85.8 Å². The Kier molecular flexibility index (Phi) is 8.12. The van der Waals surface area contributed by atoms with Crippen molar-refractivity contribution in [1.82, 2.24) is 19.4 Å². The van der Waals surface area contributed by atoms with E-state index >= 15 is 0 Å². The molecule has 0 bridgehead atoms. The number of carbonyl (C=O) groups excluding carboxylic acids is 3. The highest BCUT2D eigenvalue weighted by molar-refractivity contribution is 6.12. The summed E-state index contributed by atoms with van der Waals surface area (Å²) in [6.07, 6.45) is 2.23. The second-order valence-corrected chi connectivity index (χ2v) is 12.2. The van der Waals surface area contributed by atoms with E-state index in [0.717, 1.165) is 35.2 Å². The summed E-state index contributed by atoms with van der Waals surface area (Å²) in [4.78, 5) is 50.2. The highest BCUT2D eigenvalue weighted by atomic mass is 16.5. The number of anilines is 1. The van der Waals surface area contributed by atoms with Crippen LogP contribution in [0.3, 0.4) is 0 Å². The first-order valence-corrected chi connectivity index (χ1v) is 15.4. The summed E-state index contributed by atoms with van der Waals surface area (Å²) < 4.78 is 7.92. The number of ether oxygens (including phenoxy) is 1. The topological polar surface area (TPSA) is 88.0 Å². The van der Waals surface area contributed by atoms with E-state index in [2.05, 4.69) is 0 Å². The first kappa shape index (κ1) is 29.4. The van der Waals surface area contributed by atoms with Gasteiger partial charge in [0.25, 0.3) is 5.91 Å². The highest BCUT2D eigenvalue weighted by Crippen LogP contribution is 2.37. The Morgan fingerprint density at radius 3 is 2.32 bits per heavy atom. The summed E-state index contributed by atoms with van der Waals surface area (Å²) in [6.45, 7) is 7.21. The standard InChI is InChI=1S/C35H39N5O4/c1-23(2)34(42)38-18-16-25(17-19-38)21-31(33-36-29-20-24(3)10-15-30(29)37(33)4)40-32(41)22-39(35(40)43)26-11-13-28(14-12-26)44-27-8-6-5-7-9-27/h5-15,20,23,25,31H,16-19,21-22H2,1-4H3/t31-/m0/s1. The SMILES string of the molecule is Cc1ccc2c(c1)nc([C@H](CC1CCN(C(=O)C(C)C)CC1)N1C(=O)CN(c3ccc(Oc4ccccc4)cc3)C1=O)n2C. The quantitative estimate of drug-likeness (QED) is 0.219. The minimum atomic E-state index is -0.532. The van der Waals surface area contributed by atoms with Gasteiger partial charge >= 0.3 is 6.03 Å². The fourth-order valence-corrected chi connectivity index (χ4v) is 6.37. The van der Waals surface area contributed by atoms with Crippen molar-refractivity contribution in [2.24, 2.45) is 18.9 Å². The number of likely N-dealkylation sites (tertiary alicyclic amines) is 1. The molecular formula is C35H39N5O4. The van der Waals surface area contributed by atoms with Gasteiger partial charge in [0.05, 0.1) is 17.1 Å². The molecule has 2 aliphatic heterocycles. The molecule has 2 saturated heterocycles. The molecule has 228 valence electrons. The Morgan fingerprint density at radius 2 is 1.64 bits per heavy atom. The summed E-state index contributed by atoms with van der Waals surface area (Å²) in [5.74, 6) is 2.19. The zero-order valence-electron chi connectivity index (χ0n) is 25.8. The van der Waals surface area contributed by atoms with Crippen LogP contribution in [0.4, 0.5) is 10.5 Å². The van der Waals surface area contributed by atoms with Crippen molar-refractivity contribution in [3.8, 4) is 11.5 Å². The van der Waals surface area contributed by atoms with E-state index in [-0.39, 0.29) is 36.2 Å². The van der Waals surface area contributed by atoms with Crippen molar-refractivity contribution < 1.29 is 19.1 Å². The molecule has 0 radical (unpaired) electrons. The lowest BCUT2D eigenvalue weighted by Crippen LogP contribution is -2.42. The van der Waals surface area contributed by atoms with Gasteiger partial charge in [-0.1, -0.05) is 38.1 Å². The number of aryl methyl sites for hydroxylation is 2. The lowest BCUT2D eigenvalue weighted by molar-refractivity contribution is -0.135. The zero-order chi connectivity index (χ0) is 31.0. The molecule has 0 aliphatic carbocycles. The van der Waals surface area contributed by atoms with Gasteiger partial charge in [-0.3, -0.25) is 19.4 Å². The summed E-state index contributed by atoms with van der Waals surface area (Å²) in [7, 11) is 1.95. The van der Waals surface area contributed by atoms with Gasteiger partial charge in [-0.05, 0) is 86.2 Å². The first-order chi connectivity index (χ1) is 21.2. The van der Waals surface area contributed by atoms with E-state index in [4.69, 9.17) is 9.72 Å². The Labute approximate surface area is 258 Å². The van der Waals surface area contributed by atoms with E-state index in [1.54, 1.807) is 24.3 Å². The van der Waals surface area contributed by atoms with Crippen LogP contribution >= 0.6 is 0 Å². The number of rotatable bonds is 8. The van der Waals surface area contributed by atoms with E-state index in [9.17, 15) is 14.4 Å². The first-order valence-electron chi connectivity index (χ1n) is 15.4. The smallest absolute Gasteiger partial charge is 0.332 e. The fourth-order valence-electron chi connectivity index (χ4n) is 6.37. The maximum absolute atomic E-state index is 14.1. The Bertz CT molecular complexity index is 1670. The Balaban J connectivity index is 1.27. The molecule has 2 fully saturated rings. The monoisotopic (exact) mass is 593 g/mol. The number of nitrogens with zero attached hydrogens (tertiary/aromatic N) is 5. The Hall–Kier alpha value is -4.66. The van der Waals surface area contributed by atoms with Gasteiger partial charge in [0.15, 0.2) is 0 Å². The lowest BCUT2D eigenvalue weighted by Gasteiger charge is -2.36. The summed E-state index contributed by atoms with van der Waals surface area (Å²) in [5, 5.41) is 0. The van der Waals surface area contributed by atoms with Gasteiger partial charge in [-0.2, -0.15) is 0 Å². The molecule has 1 atom stereocenters. The minimum Gasteiger partial charge on any atom is -0.457 e. The van der Waals surface area contributed by atoms with Gasteiger partial charge in [0.2, 0.25) is 5.91 Å². The molecule has 1 aromatic heterocycles. The molecule has 44 heavy (non-hydrogen) atoms. The number of imidazole rings is 1.